The summed E-state index contributed by atoms with van der Waals surface area (Å²) in [5.74, 6) is -3.55. The Balaban J connectivity index is 2.12. The van der Waals surface area contributed by atoms with E-state index in [1.165, 1.54) is 0 Å². The monoisotopic (exact) mass is 419 g/mol. The summed E-state index contributed by atoms with van der Waals surface area (Å²) in [6.45, 7) is 0.875. The van der Waals surface area contributed by atoms with Crippen LogP contribution >= 0.6 is 7.37 Å². The Morgan fingerprint density at radius 2 is 1.38 bits per heavy atom. The first kappa shape index (κ1) is 22.8. The van der Waals surface area contributed by atoms with Gasteiger partial charge in [-0.1, -0.05) is 60.7 Å². The molecule has 0 aliphatic rings. The highest BCUT2D eigenvalue weighted by molar-refractivity contribution is 7.57. The second-order valence-electron chi connectivity index (χ2n) is 7.10. The lowest BCUT2D eigenvalue weighted by Gasteiger charge is -2.26. The van der Waals surface area contributed by atoms with Gasteiger partial charge in [-0.15, -0.1) is 0 Å². The molecule has 8 heteroatoms. The minimum atomic E-state index is -3.84. The normalized spacial score (nSPS) is 14.3. The second kappa shape index (κ2) is 10.9. The molecule has 0 aliphatic carbocycles. The summed E-state index contributed by atoms with van der Waals surface area (Å²) in [7, 11) is -3.84. The first-order valence-corrected chi connectivity index (χ1v) is 11.3. The zero-order valence-electron chi connectivity index (χ0n) is 16.1. The average molecular weight is 419 g/mol. The minimum absolute atomic E-state index is 0.173. The molecule has 2 unspecified atom stereocenters. The molecule has 0 radical (unpaired) electrons. The quantitative estimate of drug-likeness (QED) is 0.451. The Bertz CT molecular complexity index is 801. The second-order valence-corrected chi connectivity index (χ2v) is 9.44. The zero-order valence-corrected chi connectivity index (χ0v) is 16.9. The van der Waals surface area contributed by atoms with Crippen LogP contribution in [-0.2, 0) is 27.2 Å². The molecular formula is C21H26NO6P. The molecule has 0 fully saturated rings. The molecule has 156 valence electrons. The number of rotatable bonds is 12. The molecule has 3 N–H and O–H groups in total. The third kappa shape index (κ3) is 8.60. The molecule has 7 nitrogen and oxygen atoms in total. The van der Waals surface area contributed by atoms with Crippen molar-refractivity contribution in [2.75, 3.05) is 12.4 Å². The van der Waals surface area contributed by atoms with Crippen LogP contribution in [0.3, 0.4) is 0 Å². The summed E-state index contributed by atoms with van der Waals surface area (Å²) >= 11 is 0. The van der Waals surface area contributed by atoms with Crippen molar-refractivity contribution in [1.29, 1.82) is 0 Å². The highest BCUT2D eigenvalue weighted by Crippen LogP contribution is 2.44. The van der Waals surface area contributed by atoms with E-state index in [0.717, 1.165) is 11.1 Å². The van der Waals surface area contributed by atoms with Crippen LogP contribution in [0.2, 0.25) is 0 Å². The lowest BCUT2D eigenvalue weighted by atomic mass is 10.1. The zero-order chi connectivity index (χ0) is 21.3. The maximum Gasteiger partial charge on any atom is 0.307 e. The van der Waals surface area contributed by atoms with E-state index in [1.807, 2.05) is 65.6 Å². The Morgan fingerprint density at radius 3 is 1.79 bits per heavy atom. The van der Waals surface area contributed by atoms with Crippen LogP contribution in [0.1, 0.15) is 24.0 Å². The third-order valence-corrected chi connectivity index (χ3v) is 6.33. The summed E-state index contributed by atoms with van der Waals surface area (Å²) in [4.78, 5) is 34.5. The molecule has 2 aromatic carbocycles. The smallest absolute Gasteiger partial charge is 0.307 e. The molecule has 0 saturated heterocycles. The molecule has 0 spiro atoms. The molecule has 2 atom stereocenters. The summed E-state index contributed by atoms with van der Waals surface area (Å²) in [6, 6.07) is 19.0. The fraction of sp³-hybridized carbons (Fsp3) is 0.333. The van der Waals surface area contributed by atoms with Crippen molar-refractivity contribution in [3.05, 3.63) is 71.8 Å². The summed E-state index contributed by atoms with van der Waals surface area (Å²) < 4.78 is 12.9. The van der Waals surface area contributed by atoms with Crippen molar-refractivity contribution in [2.24, 2.45) is 5.92 Å². The predicted octanol–water partition coefficient (Wildman–Crippen LogP) is 3.48. The van der Waals surface area contributed by atoms with Crippen LogP contribution in [0, 0.1) is 5.92 Å². The van der Waals surface area contributed by atoms with Gasteiger partial charge in [-0.3, -0.25) is 19.1 Å². The van der Waals surface area contributed by atoms with Crippen molar-refractivity contribution in [3.8, 4) is 0 Å². The fourth-order valence-electron chi connectivity index (χ4n) is 3.14. The third-order valence-electron chi connectivity index (χ3n) is 4.48. The first-order chi connectivity index (χ1) is 13.7. The van der Waals surface area contributed by atoms with Gasteiger partial charge in [0, 0.05) is 25.7 Å². The lowest BCUT2D eigenvalue weighted by molar-refractivity contribution is -0.142. The molecule has 29 heavy (non-hydrogen) atoms. The Morgan fingerprint density at radius 1 is 0.897 bits per heavy atom. The number of carboxylic acid groups (broad SMARTS) is 2. The van der Waals surface area contributed by atoms with Crippen LogP contribution in [0.4, 0.5) is 0 Å². The van der Waals surface area contributed by atoms with Gasteiger partial charge in [0.1, 0.15) is 0 Å². The van der Waals surface area contributed by atoms with Crippen molar-refractivity contribution in [1.82, 2.24) is 4.90 Å². The van der Waals surface area contributed by atoms with E-state index in [0.29, 0.717) is 13.1 Å². The topological polar surface area (TPSA) is 115 Å². The summed E-state index contributed by atoms with van der Waals surface area (Å²) in [5, 5.41) is 18.1. The highest BCUT2D eigenvalue weighted by Gasteiger charge is 2.31. The molecular weight excluding hydrogens is 393 g/mol. The summed E-state index contributed by atoms with van der Waals surface area (Å²) in [5.41, 5.74) is 1.95. The Hall–Kier alpha value is -2.47. The molecule has 0 bridgehead atoms. The largest absolute Gasteiger partial charge is 0.481 e. The van der Waals surface area contributed by atoms with Gasteiger partial charge >= 0.3 is 11.9 Å². The van der Waals surface area contributed by atoms with Gasteiger partial charge in [-0.05, 0) is 17.5 Å². The van der Waals surface area contributed by atoms with E-state index >= 15 is 0 Å². The molecule has 2 rings (SSSR count). The van der Waals surface area contributed by atoms with E-state index in [-0.39, 0.29) is 19.1 Å². The van der Waals surface area contributed by atoms with Crippen molar-refractivity contribution in [2.45, 2.75) is 25.9 Å². The summed E-state index contributed by atoms with van der Waals surface area (Å²) in [6.07, 6.45) is -1.15. The molecule has 0 amide bonds. The van der Waals surface area contributed by atoms with E-state index in [1.54, 1.807) is 0 Å². The van der Waals surface area contributed by atoms with Crippen LogP contribution in [0.5, 0.6) is 0 Å². The number of hydrogen-bond acceptors (Lipinski definition) is 4. The fourth-order valence-corrected chi connectivity index (χ4v) is 5.11. The van der Waals surface area contributed by atoms with Gasteiger partial charge in [0.15, 0.2) is 0 Å². The van der Waals surface area contributed by atoms with Gasteiger partial charge in [-0.2, -0.15) is 0 Å². The average Bonchev–Trinajstić information content (AvgIpc) is 2.66. The SMILES string of the molecule is O=C(O)CCC(CP(=O)(O)CN(Cc1ccccc1)Cc1ccccc1)C(=O)O. The molecule has 0 saturated carbocycles. The predicted molar refractivity (Wildman–Crippen MR) is 110 cm³/mol. The van der Waals surface area contributed by atoms with Crippen molar-refractivity contribution >= 4 is 19.3 Å². The van der Waals surface area contributed by atoms with E-state index in [4.69, 9.17) is 5.11 Å². The molecule has 2 aromatic rings. The van der Waals surface area contributed by atoms with Gasteiger partial charge < -0.3 is 15.1 Å². The number of benzene rings is 2. The maximum absolute atomic E-state index is 12.9. The van der Waals surface area contributed by atoms with Gasteiger partial charge in [0.05, 0.1) is 12.2 Å². The molecule has 0 aliphatic heterocycles. The molecule has 0 aromatic heterocycles. The highest BCUT2D eigenvalue weighted by atomic mass is 31.2. The van der Waals surface area contributed by atoms with Crippen LogP contribution in [-0.4, -0.2) is 44.4 Å². The lowest BCUT2D eigenvalue weighted by Crippen LogP contribution is -2.27. The van der Waals surface area contributed by atoms with E-state index < -0.39 is 31.4 Å². The Kier molecular flexibility index (Phi) is 8.58. The minimum Gasteiger partial charge on any atom is -0.481 e. The Labute approximate surface area is 170 Å². The van der Waals surface area contributed by atoms with Crippen LogP contribution < -0.4 is 0 Å². The van der Waals surface area contributed by atoms with Crippen LogP contribution in [0.15, 0.2) is 60.7 Å². The standard InChI is InChI=1S/C21H26NO6P/c23-20(24)12-11-19(21(25)26)15-29(27,28)16-22(13-17-7-3-1-4-8-17)14-18-9-5-2-6-10-18/h1-10,19H,11-16H2,(H,23,24)(H,25,26)(H,27,28). The number of hydrogen-bond donors (Lipinski definition) is 3. The number of carbonyl (C=O) groups is 2. The maximum atomic E-state index is 12.9. The van der Waals surface area contributed by atoms with E-state index in [9.17, 15) is 24.2 Å². The van der Waals surface area contributed by atoms with Gasteiger partial charge in [0.25, 0.3) is 0 Å². The van der Waals surface area contributed by atoms with E-state index in [2.05, 4.69) is 0 Å². The number of nitrogens with zero attached hydrogens (tertiary/aromatic N) is 1. The van der Waals surface area contributed by atoms with Gasteiger partial charge in [-0.25, -0.2) is 0 Å². The van der Waals surface area contributed by atoms with Crippen molar-refractivity contribution < 1.29 is 29.3 Å². The number of carboxylic acids is 2. The molecule has 0 heterocycles. The number of aliphatic carboxylic acids is 2. The van der Waals surface area contributed by atoms with Crippen LogP contribution in [0.25, 0.3) is 0 Å². The first-order valence-electron chi connectivity index (χ1n) is 9.31. The van der Waals surface area contributed by atoms with Crippen molar-refractivity contribution in [3.63, 3.8) is 0 Å². The van der Waals surface area contributed by atoms with Gasteiger partial charge in [0.2, 0.25) is 7.37 Å².